The summed E-state index contributed by atoms with van der Waals surface area (Å²) in [4.78, 5) is 15.8. The Morgan fingerprint density at radius 3 is 2.71 bits per heavy atom. The van der Waals surface area contributed by atoms with Crippen LogP contribution in [0.1, 0.15) is 27.6 Å². The van der Waals surface area contributed by atoms with Crippen molar-refractivity contribution in [3.05, 3.63) is 63.9 Å². The Kier molecular flexibility index (Phi) is 2.44. The maximum absolute atomic E-state index is 11.7. The van der Waals surface area contributed by atoms with Crippen LogP contribution in [0.15, 0.2) is 47.2 Å². The molecule has 0 spiro atoms. The minimum Gasteiger partial charge on any atom is -0.449 e. The normalized spacial score (nSPS) is 17.7. The third-order valence-electron chi connectivity index (χ3n) is 2.76. The Morgan fingerprint density at radius 2 is 1.88 bits per heavy atom. The van der Waals surface area contributed by atoms with Crippen LogP contribution in [0.2, 0.25) is 0 Å². The van der Waals surface area contributed by atoms with Crippen molar-refractivity contribution in [2.24, 2.45) is 0 Å². The summed E-state index contributed by atoms with van der Waals surface area (Å²) in [5.74, 6) is -0.277. The highest BCUT2D eigenvalue weighted by Gasteiger charge is 2.32. The van der Waals surface area contributed by atoms with Crippen molar-refractivity contribution in [2.45, 2.75) is 6.10 Å². The standard InChI is InChI=1S/C13H8BrNO2/c14-12-10(6-3-7-15-12)11-8-4-1-2-5-9(8)13(16)17-11/h1-7,11H/t11-/m1/s1. The summed E-state index contributed by atoms with van der Waals surface area (Å²) in [5.41, 5.74) is 2.39. The van der Waals surface area contributed by atoms with Gasteiger partial charge in [0, 0.05) is 17.3 Å². The molecule has 2 aromatic rings. The van der Waals surface area contributed by atoms with Crippen LogP contribution in [0.5, 0.6) is 0 Å². The van der Waals surface area contributed by atoms with E-state index < -0.39 is 0 Å². The van der Waals surface area contributed by atoms with E-state index in [-0.39, 0.29) is 12.1 Å². The lowest BCUT2D eigenvalue weighted by molar-refractivity contribution is 0.0454. The summed E-state index contributed by atoms with van der Waals surface area (Å²) in [5, 5.41) is 0. The summed E-state index contributed by atoms with van der Waals surface area (Å²) >= 11 is 3.38. The first kappa shape index (κ1) is 10.5. The molecule has 17 heavy (non-hydrogen) atoms. The van der Waals surface area contributed by atoms with E-state index in [0.29, 0.717) is 10.2 Å². The largest absolute Gasteiger partial charge is 0.449 e. The molecule has 0 bridgehead atoms. The van der Waals surface area contributed by atoms with Gasteiger partial charge < -0.3 is 4.74 Å². The van der Waals surface area contributed by atoms with Crippen LogP contribution >= 0.6 is 15.9 Å². The van der Waals surface area contributed by atoms with Crippen molar-refractivity contribution in [1.29, 1.82) is 0 Å². The van der Waals surface area contributed by atoms with Gasteiger partial charge >= 0.3 is 5.97 Å². The molecule has 0 aliphatic carbocycles. The summed E-state index contributed by atoms with van der Waals surface area (Å²) in [6.07, 6.45) is 1.33. The number of nitrogens with zero attached hydrogens (tertiary/aromatic N) is 1. The topological polar surface area (TPSA) is 39.2 Å². The van der Waals surface area contributed by atoms with Crippen LogP contribution in [0.25, 0.3) is 0 Å². The molecule has 4 heteroatoms. The van der Waals surface area contributed by atoms with Gasteiger partial charge in [0.25, 0.3) is 0 Å². The second kappa shape index (κ2) is 3.96. The highest BCUT2D eigenvalue weighted by molar-refractivity contribution is 9.10. The summed E-state index contributed by atoms with van der Waals surface area (Å²) in [7, 11) is 0. The lowest BCUT2D eigenvalue weighted by Crippen LogP contribution is -2.02. The average Bonchev–Trinajstić information content (AvgIpc) is 2.68. The zero-order valence-electron chi connectivity index (χ0n) is 8.76. The van der Waals surface area contributed by atoms with E-state index in [1.165, 1.54) is 0 Å². The highest BCUT2D eigenvalue weighted by atomic mass is 79.9. The number of pyridine rings is 1. The molecule has 1 aliphatic rings. The Labute approximate surface area is 107 Å². The number of fused-ring (bicyclic) bond motifs is 1. The molecule has 3 rings (SSSR count). The van der Waals surface area contributed by atoms with Crippen molar-refractivity contribution in [1.82, 2.24) is 4.98 Å². The number of carbonyl (C=O) groups excluding carboxylic acids is 1. The second-order valence-electron chi connectivity index (χ2n) is 3.76. The number of carbonyl (C=O) groups is 1. The van der Waals surface area contributed by atoms with E-state index in [2.05, 4.69) is 20.9 Å². The number of hydrogen-bond acceptors (Lipinski definition) is 3. The van der Waals surface area contributed by atoms with Crippen LogP contribution in [0.3, 0.4) is 0 Å². The Morgan fingerprint density at radius 1 is 1.12 bits per heavy atom. The number of cyclic esters (lactones) is 1. The van der Waals surface area contributed by atoms with Crippen molar-refractivity contribution < 1.29 is 9.53 Å². The molecule has 1 aromatic carbocycles. The third kappa shape index (κ3) is 1.65. The fraction of sp³-hybridized carbons (Fsp3) is 0.0769. The lowest BCUT2D eigenvalue weighted by atomic mass is 10.0. The fourth-order valence-electron chi connectivity index (χ4n) is 1.97. The van der Waals surface area contributed by atoms with Crippen LogP contribution in [-0.4, -0.2) is 11.0 Å². The van der Waals surface area contributed by atoms with Crippen LogP contribution in [0, 0.1) is 0 Å². The zero-order valence-corrected chi connectivity index (χ0v) is 10.3. The first-order valence-corrected chi connectivity index (χ1v) is 5.97. The van der Waals surface area contributed by atoms with Gasteiger partial charge in [-0.1, -0.05) is 24.3 Å². The summed E-state index contributed by atoms with van der Waals surface area (Å²) in [6.45, 7) is 0. The van der Waals surface area contributed by atoms with Gasteiger partial charge in [-0.25, -0.2) is 9.78 Å². The number of esters is 1. The molecule has 0 amide bonds. The molecule has 3 nitrogen and oxygen atoms in total. The monoisotopic (exact) mass is 289 g/mol. The van der Waals surface area contributed by atoms with Crippen molar-refractivity contribution in [3.63, 3.8) is 0 Å². The molecule has 0 unspecified atom stereocenters. The quantitative estimate of drug-likeness (QED) is 0.598. The van der Waals surface area contributed by atoms with Gasteiger partial charge in [0.1, 0.15) is 4.60 Å². The molecule has 0 saturated heterocycles. The van der Waals surface area contributed by atoms with Gasteiger partial charge in [0.2, 0.25) is 0 Å². The number of hydrogen-bond donors (Lipinski definition) is 0. The Hall–Kier alpha value is -1.68. The first-order chi connectivity index (χ1) is 8.27. The Balaban J connectivity index is 2.14. The SMILES string of the molecule is O=C1O[C@@H](c2cccnc2Br)c2ccccc21. The molecular formula is C13H8BrNO2. The number of halogens is 1. The van der Waals surface area contributed by atoms with Gasteiger partial charge in [-0.15, -0.1) is 0 Å². The minimum atomic E-state index is -0.359. The molecule has 1 aliphatic heterocycles. The molecule has 0 radical (unpaired) electrons. The van der Waals surface area contributed by atoms with E-state index >= 15 is 0 Å². The fourth-order valence-corrected chi connectivity index (χ4v) is 2.43. The van der Waals surface area contributed by atoms with Gasteiger partial charge in [-0.3, -0.25) is 0 Å². The van der Waals surface area contributed by atoms with E-state index in [1.807, 2.05) is 30.3 Å². The molecule has 2 heterocycles. The van der Waals surface area contributed by atoms with Crippen LogP contribution in [-0.2, 0) is 4.74 Å². The number of benzene rings is 1. The zero-order chi connectivity index (χ0) is 11.8. The maximum atomic E-state index is 11.7. The number of rotatable bonds is 1. The van der Waals surface area contributed by atoms with Crippen molar-refractivity contribution >= 4 is 21.9 Å². The second-order valence-corrected chi connectivity index (χ2v) is 4.51. The van der Waals surface area contributed by atoms with E-state index in [4.69, 9.17) is 4.74 Å². The molecule has 84 valence electrons. The summed E-state index contributed by atoms with van der Waals surface area (Å²) < 4.78 is 6.09. The smallest absolute Gasteiger partial charge is 0.339 e. The number of ether oxygens (including phenoxy) is 1. The predicted molar refractivity (Wildman–Crippen MR) is 65.6 cm³/mol. The lowest BCUT2D eigenvalue weighted by Gasteiger charge is -2.11. The molecule has 0 saturated carbocycles. The van der Waals surface area contributed by atoms with Gasteiger partial charge in [0.05, 0.1) is 5.56 Å². The van der Waals surface area contributed by atoms with E-state index in [1.54, 1.807) is 12.3 Å². The number of aromatic nitrogens is 1. The molecular weight excluding hydrogens is 282 g/mol. The average molecular weight is 290 g/mol. The molecule has 0 fully saturated rings. The third-order valence-corrected chi connectivity index (χ3v) is 3.42. The maximum Gasteiger partial charge on any atom is 0.339 e. The van der Waals surface area contributed by atoms with Crippen molar-refractivity contribution in [2.75, 3.05) is 0 Å². The molecule has 0 N–H and O–H groups in total. The van der Waals surface area contributed by atoms with Gasteiger partial charge in [0.15, 0.2) is 6.10 Å². The van der Waals surface area contributed by atoms with Crippen LogP contribution < -0.4 is 0 Å². The van der Waals surface area contributed by atoms with E-state index in [9.17, 15) is 4.79 Å². The van der Waals surface area contributed by atoms with Crippen molar-refractivity contribution in [3.8, 4) is 0 Å². The van der Waals surface area contributed by atoms with E-state index in [0.717, 1.165) is 11.1 Å². The molecule has 1 atom stereocenters. The van der Waals surface area contributed by atoms with Gasteiger partial charge in [-0.2, -0.15) is 0 Å². The summed E-state index contributed by atoms with van der Waals surface area (Å²) in [6, 6.07) is 11.1. The highest BCUT2D eigenvalue weighted by Crippen LogP contribution is 2.37. The first-order valence-electron chi connectivity index (χ1n) is 5.17. The molecule has 1 aromatic heterocycles. The minimum absolute atomic E-state index is 0.277. The Bertz CT molecular complexity index is 597. The van der Waals surface area contributed by atoms with Gasteiger partial charge in [-0.05, 0) is 28.1 Å². The van der Waals surface area contributed by atoms with Crippen LogP contribution in [0.4, 0.5) is 0 Å². The predicted octanol–water partition coefficient (Wildman–Crippen LogP) is 3.10.